The van der Waals surface area contributed by atoms with Gasteiger partial charge in [-0.2, -0.15) is 13.2 Å². The second kappa shape index (κ2) is 9.31. The fourth-order valence-electron chi connectivity index (χ4n) is 3.95. The van der Waals surface area contributed by atoms with Crippen LogP contribution in [0.15, 0.2) is 54.7 Å². The maximum atomic E-state index is 14.4. The zero-order valence-electron chi connectivity index (χ0n) is 18.5. The van der Waals surface area contributed by atoms with Crippen LogP contribution in [0.1, 0.15) is 31.6 Å². The standard InChI is InChI=1S/C22H21F5N8/c1-3-16-21-32-30-12-35(21)17(11-28)20(34(16)9-7-22(25,26)27)31-13(2)33-10-8-29-19(33)14-5-4-6-15(23)18(14)24/h4-6,8,10-12,16H,2-3,7,9,28H2,1H3/b17-11+,31-20+/t16-/m1/s1. The maximum Gasteiger partial charge on any atom is 0.390 e. The van der Waals surface area contributed by atoms with Gasteiger partial charge in [0, 0.05) is 25.1 Å². The Morgan fingerprint density at radius 1 is 1.29 bits per heavy atom. The molecule has 0 unspecified atom stereocenters. The van der Waals surface area contributed by atoms with Gasteiger partial charge in [-0.1, -0.05) is 19.6 Å². The summed E-state index contributed by atoms with van der Waals surface area (Å²) in [5, 5.41) is 7.94. The molecule has 3 aromatic rings. The molecule has 35 heavy (non-hydrogen) atoms. The van der Waals surface area contributed by atoms with Crippen molar-refractivity contribution in [2.75, 3.05) is 6.54 Å². The van der Waals surface area contributed by atoms with E-state index in [2.05, 4.69) is 26.8 Å². The Hall–Kier alpha value is -4.03. The van der Waals surface area contributed by atoms with Crippen molar-refractivity contribution in [3.05, 3.63) is 67.2 Å². The Labute approximate surface area is 196 Å². The number of aliphatic imine (C=N–C) groups is 1. The molecule has 0 fully saturated rings. The third kappa shape index (κ3) is 4.53. The second-order valence-corrected chi connectivity index (χ2v) is 7.67. The molecule has 2 N–H and O–H groups in total. The Bertz CT molecular complexity index is 1300. The minimum Gasteiger partial charge on any atom is -0.403 e. The number of nitrogens with two attached hydrogens (primary N) is 1. The maximum absolute atomic E-state index is 14.4. The number of hydrogen-bond donors (Lipinski definition) is 1. The molecule has 1 aliphatic heterocycles. The summed E-state index contributed by atoms with van der Waals surface area (Å²) in [7, 11) is 0. The van der Waals surface area contributed by atoms with E-state index in [1.165, 1.54) is 46.5 Å². The number of hydrogen-bond acceptors (Lipinski definition) is 5. The van der Waals surface area contributed by atoms with Crippen LogP contribution in [0.2, 0.25) is 0 Å². The van der Waals surface area contributed by atoms with Crippen molar-refractivity contribution < 1.29 is 22.0 Å². The highest BCUT2D eigenvalue weighted by Crippen LogP contribution is 2.35. The van der Waals surface area contributed by atoms with Crippen LogP contribution in [0.5, 0.6) is 0 Å². The number of fused-ring (bicyclic) bond motifs is 1. The Kier molecular flexibility index (Phi) is 6.41. The highest BCUT2D eigenvalue weighted by Gasteiger charge is 2.38. The van der Waals surface area contributed by atoms with Gasteiger partial charge in [0.1, 0.15) is 23.7 Å². The molecule has 0 aliphatic carbocycles. The van der Waals surface area contributed by atoms with E-state index >= 15 is 0 Å². The van der Waals surface area contributed by atoms with Gasteiger partial charge in [0.15, 0.2) is 23.3 Å². The molecule has 8 nitrogen and oxygen atoms in total. The molecule has 1 atom stereocenters. The monoisotopic (exact) mass is 492 g/mol. The fraction of sp³-hybridized carbons (Fsp3) is 0.273. The molecule has 13 heteroatoms. The lowest BCUT2D eigenvalue weighted by molar-refractivity contribution is -0.137. The van der Waals surface area contributed by atoms with Crippen LogP contribution in [0.25, 0.3) is 22.9 Å². The van der Waals surface area contributed by atoms with Gasteiger partial charge in [-0.05, 0) is 18.6 Å². The summed E-state index contributed by atoms with van der Waals surface area (Å²) in [5.41, 5.74) is 5.96. The number of halogens is 5. The topological polar surface area (TPSA) is 90.1 Å². The average Bonchev–Trinajstić information content (AvgIpc) is 3.48. The van der Waals surface area contributed by atoms with Crippen molar-refractivity contribution in [1.29, 1.82) is 0 Å². The first-order valence-electron chi connectivity index (χ1n) is 10.6. The van der Waals surface area contributed by atoms with Crippen LogP contribution < -0.4 is 5.73 Å². The summed E-state index contributed by atoms with van der Waals surface area (Å²) in [5.74, 6) is -1.63. The summed E-state index contributed by atoms with van der Waals surface area (Å²) < 4.78 is 70.5. The first kappa shape index (κ1) is 24.1. The Morgan fingerprint density at radius 2 is 2.06 bits per heavy atom. The van der Waals surface area contributed by atoms with Crippen molar-refractivity contribution in [2.45, 2.75) is 32.0 Å². The van der Waals surface area contributed by atoms with Crippen molar-refractivity contribution in [1.82, 2.24) is 29.2 Å². The minimum absolute atomic E-state index is 0.00102. The number of nitrogens with zero attached hydrogens (tertiary/aromatic N) is 7. The summed E-state index contributed by atoms with van der Waals surface area (Å²) in [4.78, 5) is 10.0. The third-order valence-electron chi connectivity index (χ3n) is 5.54. The van der Waals surface area contributed by atoms with E-state index in [0.717, 1.165) is 6.07 Å². The quantitative estimate of drug-likeness (QED) is 0.515. The summed E-state index contributed by atoms with van der Waals surface area (Å²) in [6.45, 7) is 5.28. The average molecular weight is 492 g/mol. The zero-order chi connectivity index (χ0) is 25.3. The lowest BCUT2D eigenvalue weighted by Crippen LogP contribution is -2.44. The molecule has 1 aromatic carbocycles. The molecule has 4 rings (SSSR count). The summed E-state index contributed by atoms with van der Waals surface area (Å²) in [6.07, 6.45) is 0.247. The molecule has 0 amide bonds. The van der Waals surface area contributed by atoms with E-state index in [0.29, 0.717) is 12.2 Å². The predicted octanol–water partition coefficient (Wildman–Crippen LogP) is 4.42. The molecule has 0 radical (unpaired) electrons. The fourth-order valence-corrected chi connectivity index (χ4v) is 3.95. The number of benzene rings is 1. The van der Waals surface area contributed by atoms with Crippen molar-refractivity contribution >= 4 is 17.4 Å². The molecule has 0 saturated heterocycles. The molecule has 0 saturated carbocycles. The van der Waals surface area contributed by atoms with Gasteiger partial charge in [-0.15, -0.1) is 10.2 Å². The van der Waals surface area contributed by atoms with E-state index in [1.807, 2.05) is 0 Å². The largest absolute Gasteiger partial charge is 0.403 e. The third-order valence-corrected chi connectivity index (χ3v) is 5.54. The van der Waals surface area contributed by atoms with Crippen LogP contribution in [0, 0.1) is 11.6 Å². The van der Waals surface area contributed by atoms with Crippen molar-refractivity contribution in [3.63, 3.8) is 0 Å². The van der Waals surface area contributed by atoms with Gasteiger partial charge in [0.05, 0.1) is 18.0 Å². The lowest BCUT2D eigenvalue weighted by Gasteiger charge is -2.38. The van der Waals surface area contributed by atoms with Crippen LogP contribution in [0.4, 0.5) is 22.0 Å². The normalized spacial score (nSPS) is 18.3. The van der Waals surface area contributed by atoms with E-state index in [4.69, 9.17) is 5.73 Å². The molecular weight excluding hydrogens is 471 g/mol. The molecule has 1 aliphatic rings. The molecule has 0 bridgehead atoms. The van der Waals surface area contributed by atoms with E-state index in [-0.39, 0.29) is 28.7 Å². The number of amidine groups is 1. The van der Waals surface area contributed by atoms with Crippen LogP contribution in [0.3, 0.4) is 0 Å². The van der Waals surface area contributed by atoms with Gasteiger partial charge >= 0.3 is 6.18 Å². The van der Waals surface area contributed by atoms with Crippen molar-refractivity contribution in [2.24, 2.45) is 10.7 Å². The summed E-state index contributed by atoms with van der Waals surface area (Å²) >= 11 is 0. The van der Waals surface area contributed by atoms with E-state index in [9.17, 15) is 22.0 Å². The van der Waals surface area contributed by atoms with Crippen LogP contribution in [-0.4, -0.2) is 47.8 Å². The van der Waals surface area contributed by atoms with Gasteiger partial charge in [-0.25, -0.2) is 18.8 Å². The van der Waals surface area contributed by atoms with Gasteiger partial charge < -0.3 is 10.6 Å². The SMILES string of the molecule is C=C(/N=C1\C(=C/N)n2cnnc2[C@@H](CC)N1CCC(F)(F)F)n1ccnc1-c1cccc(F)c1F. The molecule has 0 spiro atoms. The number of aromatic nitrogens is 5. The van der Waals surface area contributed by atoms with Gasteiger partial charge in [-0.3, -0.25) is 9.13 Å². The first-order chi connectivity index (χ1) is 16.7. The number of imidazole rings is 1. The smallest absolute Gasteiger partial charge is 0.390 e. The van der Waals surface area contributed by atoms with Crippen LogP contribution >= 0.6 is 0 Å². The number of alkyl halides is 3. The van der Waals surface area contributed by atoms with E-state index in [1.54, 1.807) is 11.5 Å². The Balaban J connectivity index is 1.81. The molecule has 3 heterocycles. The first-order valence-corrected chi connectivity index (χ1v) is 10.6. The second-order valence-electron chi connectivity index (χ2n) is 7.67. The van der Waals surface area contributed by atoms with E-state index < -0.39 is 36.8 Å². The minimum atomic E-state index is -4.41. The number of rotatable bonds is 6. The highest BCUT2D eigenvalue weighted by atomic mass is 19.4. The lowest BCUT2D eigenvalue weighted by atomic mass is 10.1. The molecular formula is C22H21F5N8. The molecule has 184 valence electrons. The Morgan fingerprint density at radius 3 is 2.74 bits per heavy atom. The van der Waals surface area contributed by atoms with Gasteiger partial charge in [0.25, 0.3) is 0 Å². The molecule has 2 aromatic heterocycles. The van der Waals surface area contributed by atoms with Crippen molar-refractivity contribution in [3.8, 4) is 11.4 Å². The van der Waals surface area contributed by atoms with Crippen LogP contribution in [-0.2, 0) is 0 Å². The van der Waals surface area contributed by atoms with Gasteiger partial charge in [0.2, 0.25) is 0 Å². The zero-order valence-corrected chi connectivity index (χ0v) is 18.5. The highest BCUT2D eigenvalue weighted by molar-refractivity contribution is 6.19. The summed E-state index contributed by atoms with van der Waals surface area (Å²) in [6, 6.07) is 3.08. The predicted molar refractivity (Wildman–Crippen MR) is 119 cm³/mol.